The molecule has 0 bridgehead atoms. The second-order valence-electron chi connectivity index (χ2n) is 3.82. The summed E-state index contributed by atoms with van der Waals surface area (Å²) in [5.74, 6) is 0.489. The number of benzene rings is 1. The van der Waals surface area contributed by atoms with E-state index in [1.807, 2.05) is 32.0 Å². The van der Waals surface area contributed by atoms with Crippen LogP contribution < -0.4 is 0 Å². The standard InChI is InChI=1S/C12H13N3OS/c1-8-3-4-10(9(2)5-8)11(16)6-17-12-13-7-14-15-12/h3-5,7H,6H2,1-2H3,(H,13,14,15). The van der Waals surface area contributed by atoms with Gasteiger partial charge in [-0.25, -0.2) is 4.98 Å². The molecule has 0 saturated heterocycles. The van der Waals surface area contributed by atoms with Crippen molar-refractivity contribution in [1.29, 1.82) is 0 Å². The van der Waals surface area contributed by atoms with Crippen molar-refractivity contribution in [1.82, 2.24) is 15.2 Å². The van der Waals surface area contributed by atoms with Crippen LogP contribution in [0.5, 0.6) is 0 Å². The molecule has 0 unspecified atom stereocenters. The number of rotatable bonds is 4. The highest BCUT2D eigenvalue weighted by atomic mass is 32.2. The molecule has 0 aliphatic rings. The Bertz CT molecular complexity index is 523. The number of carbonyl (C=O) groups excluding carboxylic acids is 1. The molecule has 5 heteroatoms. The highest BCUT2D eigenvalue weighted by Gasteiger charge is 2.10. The summed E-state index contributed by atoms with van der Waals surface area (Å²) in [4.78, 5) is 16.0. The van der Waals surface area contributed by atoms with Gasteiger partial charge in [-0.2, -0.15) is 5.10 Å². The van der Waals surface area contributed by atoms with E-state index in [-0.39, 0.29) is 5.78 Å². The maximum Gasteiger partial charge on any atom is 0.183 e. The predicted molar refractivity (Wildman–Crippen MR) is 67.4 cm³/mol. The summed E-state index contributed by atoms with van der Waals surface area (Å²) in [5, 5.41) is 7.12. The lowest BCUT2D eigenvalue weighted by atomic mass is 10.0. The van der Waals surface area contributed by atoms with Gasteiger partial charge in [0.05, 0.1) is 5.75 Å². The molecule has 17 heavy (non-hydrogen) atoms. The number of aromatic nitrogens is 3. The minimum atomic E-state index is 0.115. The van der Waals surface area contributed by atoms with Gasteiger partial charge in [0.2, 0.25) is 0 Å². The molecule has 1 aromatic carbocycles. The van der Waals surface area contributed by atoms with Gasteiger partial charge in [0.15, 0.2) is 10.9 Å². The third-order valence-corrected chi connectivity index (χ3v) is 3.29. The summed E-state index contributed by atoms with van der Waals surface area (Å²) in [6.45, 7) is 3.98. The van der Waals surface area contributed by atoms with Crippen molar-refractivity contribution in [2.75, 3.05) is 5.75 Å². The summed E-state index contributed by atoms with van der Waals surface area (Å²) in [5.41, 5.74) is 2.97. The Morgan fingerprint density at radius 3 is 2.88 bits per heavy atom. The van der Waals surface area contributed by atoms with Crippen molar-refractivity contribution in [2.24, 2.45) is 0 Å². The molecule has 0 aliphatic heterocycles. The van der Waals surface area contributed by atoms with Gasteiger partial charge < -0.3 is 0 Å². The van der Waals surface area contributed by atoms with Gasteiger partial charge in [-0.3, -0.25) is 9.89 Å². The molecule has 0 spiro atoms. The van der Waals surface area contributed by atoms with E-state index in [2.05, 4.69) is 15.2 Å². The normalized spacial score (nSPS) is 10.5. The first kappa shape index (κ1) is 11.9. The summed E-state index contributed by atoms with van der Waals surface area (Å²) in [6.07, 6.45) is 1.43. The van der Waals surface area contributed by atoms with Gasteiger partial charge in [0.1, 0.15) is 6.33 Å². The van der Waals surface area contributed by atoms with E-state index in [4.69, 9.17) is 0 Å². The predicted octanol–water partition coefficient (Wildman–Crippen LogP) is 2.40. The number of nitrogens with one attached hydrogen (secondary N) is 1. The molecule has 0 fully saturated rings. The van der Waals surface area contributed by atoms with Gasteiger partial charge in [0.25, 0.3) is 0 Å². The molecule has 0 radical (unpaired) electrons. The fraction of sp³-hybridized carbons (Fsp3) is 0.250. The number of aromatic amines is 1. The number of ketones is 1. The number of H-pyrrole nitrogens is 1. The van der Waals surface area contributed by atoms with E-state index in [0.717, 1.165) is 11.1 Å². The average Bonchev–Trinajstić information content (AvgIpc) is 2.78. The van der Waals surface area contributed by atoms with Crippen LogP contribution in [0.3, 0.4) is 0 Å². The number of thioether (sulfide) groups is 1. The van der Waals surface area contributed by atoms with E-state index in [9.17, 15) is 4.79 Å². The van der Waals surface area contributed by atoms with E-state index >= 15 is 0 Å². The number of hydrogen-bond acceptors (Lipinski definition) is 4. The van der Waals surface area contributed by atoms with Gasteiger partial charge in [-0.15, -0.1) is 0 Å². The van der Waals surface area contributed by atoms with Crippen molar-refractivity contribution >= 4 is 17.5 Å². The van der Waals surface area contributed by atoms with Crippen LogP contribution in [0.1, 0.15) is 21.5 Å². The van der Waals surface area contributed by atoms with Crippen molar-refractivity contribution in [3.05, 3.63) is 41.2 Å². The van der Waals surface area contributed by atoms with Crippen molar-refractivity contribution in [3.63, 3.8) is 0 Å². The number of aryl methyl sites for hydroxylation is 2. The number of nitrogens with zero attached hydrogens (tertiary/aromatic N) is 2. The molecule has 0 amide bonds. The van der Waals surface area contributed by atoms with Crippen LogP contribution in [-0.4, -0.2) is 26.7 Å². The third kappa shape index (κ3) is 2.94. The molecular formula is C12H13N3OS. The molecule has 4 nitrogen and oxygen atoms in total. The Hall–Kier alpha value is -1.62. The van der Waals surface area contributed by atoms with Gasteiger partial charge in [-0.1, -0.05) is 35.5 Å². The van der Waals surface area contributed by atoms with Crippen LogP contribution in [0.25, 0.3) is 0 Å². The highest BCUT2D eigenvalue weighted by molar-refractivity contribution is 7.99. The monoisotopic (exact) mass is 247 g/mol. The largest absolute Gasteiger partial charge is 0.293 e. The second-order valence-corrected chi connectivity index (χ2v) is 4.78. The van der Waals surface area contributed by atoms with Crippen molar-refractivity contribution < 1.29 is 4.79 Å². The van der Waals surface area contributed by atoms with Crippen molar-refractivity contribution in [3.8, 4) is 0 Å². The zero-order chi connectivity index (χ0) is 12.3. The van der Waals surface area contributed by atoms with E-state index in [0.29, 0.717) is 10.9 Å². The zero-order valence-corrected chi connectivity index (χ0v) is 10.5. The fourth-order valence-electron chi connectivity index (χ4n) is 1.60. The molecule has 2 aromatic rings. The number of Topliss-reactive ketones (excluding diaryl/α,β-unsaturated/α-hetero) is 1. The Labute approximate surface area is 104 Å². The Kier molecular flexibility index (Phi) is 3.58. The molecule has 0 aliphatic carbocycles. The van der Waals surface area contributed by atoms with Crippen LogP contribution in [0.4, 0.5) is 0 Å². The van der Waals surface area contributed by atoms with Crippen LogP contribution in [0.2, 0.25) is 0 Å². The van der Waals surface area contributed by atoms with E-state index < -0.39 is 0 Å². The molecule has 1 N–H and O–H groups in total. The number of hydrogen-bond donors (Lipinski definition) is 1. The van der Waals surface area contributed by atoms with Crippen LogP contribution >= 0.6 is 11.8 Å². The maximum absolute atomic E-state index is 12.0. The summed E-state index contributed by atoms with van der Waals surface area (Å²) >= 11 is 1.36. The lowest BCUT2D eigenvalue weighted by Gasteiger charge is -2.04. The SMILES string of the molecule is Cc1ccc(C(=O)CSc2ncn[nH]2)c(C)c1. The molecule has 88 valence electrons. The van der Waals surface area contributed by atoms with E-state index in [1.165, 1.54) is 23.7 Å². The maximum atomic E-state index is 12.0. The summed E-state index contributed by atoms with van der Waals surface area (Å²) < 4.78 is 0. The first-order chi connectivity index (χ1) is 8.16. The minimum absolute atomic E-state index is 0.115. The van der Waals surface area contributed by atoms with Gasteiger partial charge >= 0.3 is 0 Å². The lowest BCUT2D eigenvalue weighted by molar-refractivity contribution is 0.102. The van der Waals surface area contributed by atoms with Crippen LogP contribution in [0.15, 0.2) is 29.7 Å². The average molecular weight is 247 g/mol. The fourth-order valence-corrected chi connectivity index (χ4v) is 2.26. The lowest BCUT2D eigenvalue weighted by Crippen LogP contribution is -2.05. The molecule has 1 aromatic heterocycles. The first-order valence-electron chi connectivity index (χ1n) is 5.25. The quantitative estimate of drug-likeness (QED) is 0.665. The molecular weight excluding hydrogens is 234 g/mol. The Morgan fingerprint density at radius 1 is 1.41 bits per heavy atom. The highest BCUT2D eigenvalue weighted by Crippen LogP contribution is 2.16. The second kappa shape index (κ2) is 5.14. The first-order valence-corrected chi connectivity index (χ1v) is 6.24. The topological polar surface area (TPSA) is 58.6 Å². The van der Waals surface area contributed by atoms with Crippen LogP contribution in [-0.2, 0) is 0 Å². The minimum Gasteiger partial charge on any atom is -0.293 e. The smallest absolute Gasteiger partial charge is 0.183 e. The zero-order valence-electron chi connectivity index (χ0n) is 9.73. The molecule has 2 rings (SSSR count). The Balaban J connectivity index is 2.04. The van der Waals surface area contributed by atoms with Crippen molar-refractivity contribution in [2.45, 2.75) is 19.0 Å². The Morgan fingerprint density at radius 2 is 2.24 bits per heavy atom. The molecule has 0 saturated carbocycles. The molecule has 0 atom stereocenters. The number of carbonyl (C=O) groups is 1. The van der Waals surface area contributed by atoms with Crippen LogP contribution in [0, 0.1) is 13.8 Å². The summed E-state index contributed by atoms with van der Waals surface area (Å²) in [6, 6.07) is 5.86. The molecule has 1 heterocycles. The third-order valence-electron chi connectivity index (χ3n) is 2.42. The van der Waals surface area contributed by atoms with Gasteiger partial charge in [-0.05, 0) is 19.4 Å². The van der Waals surface area contributed by atoms with E-state index in [1.54, 1.807) is 0 Å². The summed E-state index contributed by atoms with van der Waals surface area (Å²) in [7, 11) is 0. The van der Waals surface area contributed by atoms with Gasteiger partial charge in [0, 0.05) is 5.56 Å².